The van der Waals surface area contributed by atoms with Gasteiger partial charge in [-0.3, -0.25) is 9.78 Å². The highest BCUT2D eigenvalue weighted by molar-refractivity contribution is 5.97. The van der Waals surface area contributed by atoms with Crippen LogP contribution >= 0.6 is 0 Å². The zero-order chi connectivity index (χ0) is 20.2. The maximum atomic E-state index is 13.1. The van der Waals surface area contributed by atoms with Crippen molar-refractivity contribution < 1.29 is 9.90 Å². The number of Topliss-reactive ketones (excluding diaryl/α,β-unsaturated/α-hetero) is 1. The van der Waals surface area contributed by atoms with Crippen molar-refractivity contribution in [2.45, 2.75) is 25.4 Å². The van der Waals surface area contributed by atoms with Gasteiger partial charge in [-0.25, -0.2) is 0 Å². The molecular weight excluding hydrogens is 358 g/mol. The molecular formula is C26H23NO2. The van der Waals surface area contributed by atoms with Crippen molar-refractivity contribution in [2.24, 2.45) is 0 Å². The van der Waals surface area contributed by atoms with Gasteiger partial charge in [0.1, 0.15) is 6.10 Å². The molecule has 0 bridgehead atoms. The minimum atomic E-state index is -1.07. The molecule has 4 rings (SSSR count). The van der Waals surface area contributed by atoms with Crippen molar-refractivity contribution in [3.63, 3.8) is 0 Å². The van der Waals surface area contributed by atoms with Gasteiger partial charge in [-0.05, 0) is 29.5 Å². The van der Waals surface area contributed by atoms with E-state index in [9.17, 15) is 9.90 Å². The van der Waals surface area contributed by atoms with E-state index in [0.717, 1.165) is 22.0 Å². The summed E-state index contributed by atoms with van der Waals surface area (Å²) in [6, 6.07) is 29.8. The Morgan fingerprint density at radius 1 is 0.897 bits per heavy atom. The Balaban J connectivity index is 1.90. The predicted octanol–water partition coefficient (Wildman–Crippen LogP) is 4.91. The van der Waals surface area contributed by atoms with Gasteiger partial charge in [-0.2, -0.15) is 0 Å². The minimum Gasteiger partial charge on any atom is -0.386 e. The van der Waals surface area contributed by atoms with Crippen molar-refractivity contribution in [3.8, 4) is 0 Å². The van der Waals surface area contributed by atoms with Crippen LogP contribution in [-0.4, -0.2) is 22.0 Å². The molecule has 0 aliphatic rings. The van der Waals surface area contributed by atoms with Crippen LogP contribution in [0.3, 0.4) is 0 Å². The zero-order valence-corrected chi connectivity index (χ0v) is 16.3. The van der Waals surface area contributed by atoms with Crippen molar-refractivity contribution in [1.82, 2.24) is 4.98 Å². The quantitative estimate of drug-likeness (QED) is 0.516. The minimum absolute atomic E-state index is 0.245. The molecule has 3 aromatic carbocycles. The molecule has 0 saturated carbocycles. The largest absolute Gasteiger partial charge is 0.386 e. The van der Waals surface area contributed by atoms with Gasteiger partial charge in [-0.15, -0.1) is 0 Å². The van der Waals surface area contributed by atoms with E-state index >= 15 is 0 Å². The second kappa shape index (κ2) is 8.38. The summed E-state index contributed by atoms with van der Waals surface area (Å²) in [5.41, 5.74) is 3.61. The van der Waals surface area contributed by atoms with E-state index < -0.39 is 12.0 Å². The number of hydrogen-bond acceptors (Lipinski definition) is 3. The first kappa shape index (κ1) is 19.0. The number of hydrogen-bond donors (Lipinski definition) is 1. The SMILES string of the molecule is CC(O)C(=O)C(c1ccccc1)c1nc(Cc2ccccc2)cc2ccccc12. The normalized spacial score (nSPS) is 13.2. The molecule has 3 nitrogen and oxygen atoms in total. The van der Waals surface area contributed by atoms with Gasteiger partial charge >= 0.3 is 0 Å². The van der Waals surface area contributed by atoms with Crippen LogP contribution in [0.25, 0.3) is 10.8 Å². The molecule has 0 amide bonds. The summed E-state index contributed by atoms with van der Waals surface area (Å²) in [5, 5.41) is 12.1. The van der Waals surface area contributed by atoms with E-state index in [-0.39, 0.29) is 5.78 Å². The summed E-state index contributed by atoms with van der Waals surface area (Å²) in [7, 11) is 0. The molecule has 1 aromatic heterocycles. The monoisotopic (exact) mass is 381 g/mol. The molecule has 29 heavy (non-hydrogen) atoms. The van der Waals surface area contributed by atoms with Gasteiger partial charge in [0.05, 0.1) is 11.6 Å². The van der Waals surface area contributed by atoms with Gasteiger partial charge in [0.25, 0.3) is 0 Å². The summed E-state index contributed by atoms with van der Waals surface area (Å²) in [6.45, 7) is 1.52. The van der Waals surface area contributed by atoms with Gasteiger partial charge in [0.15, 0.2) is 5.78 Å². The fourth-order valence-corrected chi connectivity index (χ4v) is 3.74. The third-order valence-corrected chi connectivity index (χ3v) is 5.15. The summed E-state index contributed by atoms with van der Waals surface area (Å²) < 4.78 is 0. The topological polar surface area (TPSA) is 50.2 Å². The molecule has 1 N–H and O–H groups in total. The van der Waals surface area contributed by atoms with E-state index in [1.54, 1.807) is 0 Å². The lowest BCUT2D eigenvalue weighted by Crippen LogP contribution is -2.26. The van der Waals surface area contributed by atoms with Crippen molar-refractivity contribution in [2.75, 3.05) is 0 Å². The summed E-state index contributed by atoms with van der Waals surface area (Å²) in [6.07, 6.45) is -0.387. The first-order valence-corrected chi connectivity index (χ1v) is 9.82. The fourth-order valence-electron chi connectivity index (χ4n) is 3.74. The number of carbonyl (C=O) groups is 1. The standard InChI is InChI=1S/C26H23NO2/c1-18(28)26(29)24(20-12-6-3-7-13-20)25-23-15-9-8-14-21(23)17-22(27-25)16-19-10-4-2-5-11-19/h2-15,17-18,24,28H,16H2,1H3. The van der Waals surface area contributed by atoms with Gasteiger partial charge in [0.2, 0.25) is 0 Å². The van der Waals surface area contributed by atoms with E-state index in [2.05, 4.69) is 18.2 Å². The third-order valence-electron chi connectivity index (χ3n) is 5.15. The zero-order valence-electron chi connectivity index (χ0n) is 16.3. The smallest absolute Gasteiger partial charge is 0.174 e. The highest BCUT2D eigenvalue weighted by atomic mass is 16.3. The number of rotatable bonds is 6. The molecule has 1 heterocycles. The lowest BCUT2D eigenvalue weighted by molar-refractivity contribution is -0.126. The Kier molecular flexibility index (Phi) is 5.50. The highest BCUT2D eigenvalue weighted by Crippen LogP contribution is 2.32. The predicted molar refractivity (Wildman–Crippen MR) is 116 cm³/mol. The fraction of sp³-hybridized carbons (Fsp3) is 0.154. The number of ketones is 1. The van der Waals surface area contributed by atoms with Gasteiger partial charge < -0.3 is 5.11 Å². The Bertz CT molecular complexity index is 1120. The molecule has 0 aliphatic heterocycles. The Morgan fingerprint density at radius 3 is 2.21 bits per heavy atom. The van der Waals surface area contributed by atoms with Crippen LogP contribution in [0.5, 0.6) is 0 Å². The molecule has 4 aromatic rings. The Hall–Kier alpha value is -3.30. The lowest BCUT2D eigenvalue weighted by Gasteiger charge is -2.20. The van der Waals surface area contributed by atoms with Crippen molar-refractivity contribution in [3.05, 3.63) is 114 Å². The number of carbonyl (C=O) groups excluding carboxylic acids is 1. The number of fused-ring (bicyclic) bond motifs is 1. The van der Waals surface area contributed by atoms with E-state index in [0.29, 0.717) is 12.1 Å². The molecule has 0 radical (unpaired) electrons. The average Bonchev–Trinajstić information content (AvgIpc) is 2.75. The molecule has 2 unspecified atom stereocenters. The molecule has 3 heteroatoms. The second-order valence-corrected chi connectivity index (χ2v) is 7.30. The number of pyridine rings is 1. The van der Waals surface area contributed by atoms with Crippen LogP contribution in [0.2, 0.25) is 0 Å². The number of benzene rings is 3. The maximum Gasteiger partial charge on any atom is 0.174 e. The first-order valence-electron chi connectivity index (χ1n) is 9.82. The van der Waals surface area contributed by atoms with Crippen LogP contribution in [0.4, 0.5) is 0 Å². The van der Waals surface area contributed by atoms with Crippen molar-refractivity contribution in [1.29, 1.82) is 0 Å². The summed E-state index contributed by atoms with van der Waals surface area (Å²) >= 11 is 0. The molecule has 0 saturated heterocycles. The molecule has 0 fully saturated rings. The van der Waals surface area contributed by atoms with Crippen molar-refractivity contribution >= 4 is 16.6 Å². The Morgan fingerprint density at radius 2 is 1.52 bits per heavy atom. The second-order valence-electron chi connectivity index (χ2n) is 7.30. The van der Waals surface area contributed by atoms with Crippen LogP contribution in [0, 0.1) is 0 Å². The van der Waals surface area contributed by atoms with Crippen LogP contribution in [-0.2, 0) is 11.2 Å². The molecule has 0 aliphatic carbocycles. The summed E-state index contributed by atoms with van der Waals surface area (Å²) in [5.74, 6) is -0.859. The van der Waals surface area contributed by atoms with E-state index in [1.807, 2.05) is 72.8 Å². The number of nitrogens with zero attached hydrogens (tertiary/aromatic N) is 1. The molecule has 144 valence electrons. The maximum absolute atomic E-state index is 13.1. The van der Waals surface area contributed by atoms with Gasteiger partial charge in [-0.1, -0.05) is 84.9 Å². The van der Waals surface area contributed by atoms with Crippen LogP contribution in [0.1, 0.15) is 35.4 Å². The number of aromatic nitrogens is 1. The Labute approximate surface area is 170 Å². The van der Waals surface area contributed by atoms with Gasteiger partial charge in [0, 0.05) is 17.5 Å². The van der Waals surface area contributed by atoms with Crippen LogP contribution < -0.4 is 0 Å². The molecule has 2 atom stereocenters. The molecule has 0 spiro atoms. The first-order chi connectivity index (χ1) is 14.1. The lowest BCUT2D eigenvalue weighted by atomic mass is 9.86. The van der Waals surface area contributed by atoms with Crippen LogP contribution in [0.15, 0.2) is 91.0 Å². The number of aliphatic hydroxyl groups excluding tert-OH is 1. The van der Waals surface area contributed by atoms with E-state index in [1.165, 1.54) is 12.5 Å². The third kappa shape index (κ3) is 4.10. The van der Waals surface area contributed by atoms with E-state index in [4.69, 9.17) is 4.98 Å². The highest BCUT2D eigenvalue weighted by Gasteiger charge is 2.29. The average molecular weight is 381 g/mol. The summed E-state index contributed by atoms with van der Waals surface area (Å²) in [4.78, 5) is 18.0. The number of aliphatic hydroxyl groups is 1.